The van der Waals surface area contributed by atoms with Crippen molar-refractivity contribution in [2.45, 2.75) is 25.4 Å². The number of aryl methyl sites for hydroxylation is 1. The van der Waals surface area contributed by atoms with E-state index in [2.05, 4.69) is 15.5 Å². The van der Waals surface area contributed by atoms with Crippen LogP contribution in [0.25, 0.3) is 0 Å². The molecule has 5 nitrogen and oxygen atoms in total. The highest BCUT2D eigenvalue weighted by Crippen LogP contribution is 2.25. The van der Waals surface area contributed by atoms with Gasteiger partial charge >= 0.3 is 0 Å². The van der Waals surface area contributed by atoms with Gasteiger partial charge in [-0.25, -0.2) is 0 Å². The molecule has 1 aromatic heterocycles. The summed E-state index contributed by atoms with van der Waals surface area (Å²) in [6.07, 6.45) is 1.85. The third-order valence-corrected chi connectivity index (χ3v) is 3.72. The number of methoxy groups -OCH3 is 1. The molecule has 2 heterocycles. The van der Waals surface area contributed by atoms with Crippen molar-refractivity contribution in [1.82, 2.24) is 10.2 Å². The summed E-state index contributed by atoms with van der Waals surface area (Å²) in [6.45, 7) is 4.25. The van der Waals surface area contributed by atoms with E-state index in [9.17, 15) is 0 Å². The Kier molecular flexibility index (Phi) is 3.73. The maximum Gasteiger partial charge on any atom is 0.205 e. The largest absolute Gasteiger partial charge is 0.381 e. The maximum atomic E-state index is 5.62. The smallest absolute Gasteiger partial charge is 0.205 e. The molecule has 1 fully saturated rings. The highest BCUT2D eigenvalue weighted by molar-refractivity contribution is 7.15. The quantitative estimate of drug-likeness (QED) is 0.867. The van der Waals surface area contributed by atoms with Crippen LogP contribution in [0.1, 0.15) is 17.8 Å². The van der Waals surface area contributed by atoms with Crippen LogP contribution in [0.15, 0.2) is 0 Å². The van der Waals surface area contributed by atoms with Gasteiger partial charge < -0.3 is 14.8 Å². The number of hydrogen-bond acceptors (Lipinski definition) is 6. The standard InChI is InChI=1S/C10H17N3O2S/c1-8-12-13-9(16-8)11-7-10(14-2)3-5-15-6-4-10/h3-7H2,1-2H3,(H,11,13). The lowest BCUT2D eigenvalue weighted by Gasteiger charge is -2.35. The van der Waals surface area contributed by atoms with Crippen LogP contribution in [-0.4, -0.2) is 42.7 Å². The van der Waals surface area contributed by atoms with E-state index >= 15 is 0 Å². The molecule has 90 valence electrons. The van der Waals surface area contributed by atoms with Gasteiger partial charge in [-0.15, -0.1) is 10.2 Å². The number of anilines is 1. The van der Waals surface area contributed by atoms with Gasteiger partial charge in [0.25, 0.3) is 0 Å². The Morgan fingerprint density at radius 1 is 1.44 bits per heavy atom. The van der Waals surface area contributed by atoms with Crippen molar-refractivity contribution in [3.05, 3.63) is 5.01 Å². The summed E-state index contributed by atoms with van der Waals surface area (Å²) < 4.78 is 11.0. The number of nitrogens with zero attached hydrogens (tertiary/aromatic N) is 2. The first kappa shape index (κ1) is 11.8. The van der Waals surface area contributed by atoms with Gasteiger partial charge in [0.2, 0.25) is 5.13 Å². The van der Waals surface area contributed by atoms with E-state index in [1.54, 1.807) is 18.4 Å². The molecule has 1 aromatic rings. The summed E-state index contributed by atoms with van der Waals surface area (Å²) in [5, 5.41) is 13.1. The average molecular weight is 243 g/mol. The maximum absolute atomic E-state index is 5.62. The summed E-state index contributed by atoms with van der Waals surface area (Å²) >= 11 is 1.57. The molecular formula is C10H17N3O2S. The van der Waals surface area contributed by atoms with Crippen molar-refractivity contribution in [3.8, 4) is 0 Å². The third kappa shape index (κ3) is 2.69. The second-order valence-corrected chi connectivity index (χ2v) is 5.16. The van der Waals surface area contributed by atoms with Gasteiger partial charge in [-0.2, -0.15) is 0 Å². The zero-order valence-corrected chi connectivity index (χ0v) is 10.5. The van der Waals surface area contributed by atoms with Gasteiger partial charge in [-0.3, -0.25) is 0 Å². The predicted molar refractivity (Wildman–Crippen MR) is 62.9 cm³/mol. The van der Waals surface area contributed by atoms with Crippen molar-refractivity contribution in [3.63, 3.8) is 0 Å². The second kappa shape index (κ2) is 5.07. The lowest BCUT2D eigenvalue weighted by Crippen LogP contribution is -2.44. The van der Waals surface area contributed by atoms with Crippen LogP contribution in [-0.2, 0) is 9.47 Å². The molecule has 0 spiro atoms. The van der Waals surface area contributed by atoms with Gasteiger partial charge in [-0.1, -0.05) is 11.3 Å². The number of nitrogens with one attached hydrogen (secondary N) is 1. The monoisotopic (exact) mass is 243 g/mol. The zero-order chi connectivity index (χ0) is 11.4. The summed E-state index contributed by atoms with van der Waals surface area (Å²) in [7, 11) is 1.76. The number of ether oxygens (including phenoxy) is 2. The molecular weight excluding hydrogens is 226 g/mol. The van der Waals surface area contributed by atoms with Gasteiger partial charge in [0, 0.05) is 39.7 Å². The second-order valence-electron chi connectivity index (χ2n) is 3.98. The number of aromatic nitrogens is 2. The minimum atomic E-state index is -0.113. The van der Waals surface area contributed by atoms with Crippen molar-refractivity contribution in [2.24, 2.45) is 0 Å². The fourth-order valence-corrected chi connectivity index (χ4v) is 2.39. The Hall–Kier alpha value is -0.720. The first-order valence-electron chi connectivity index (χ1n) is 5.41. The van der Waals surface area contributed by atoms with Crippen LogP contribution >= 0.6 is 11.3 Å². The van der Waals surface area contributed by atoms with Crippen LogP contribution in [0.2, 0.25) is 0 Å². The number of hydrogen-bond donors (Lipinski definition) is 1. The first-order chi connectivity index (χ1) is 7.74. The van der Waals surface area contributed by atoms with Crippen LogP contribution in [0.4, 0.5) is 5.13 Å². The molecule has 1 saturated heterocycles. The molecule has 0 saturated carbocycles. The molecule has 1 aliphatic heterocycles. The Morgan fingerprint density at radius 2 is 2.19 bits per heavy atom. The van der Waals surface area contributed by atoms with E-state index in [0.717, 1.165) is 42.7 Å². The SMILES string of the molecule is COC1(CNc2nnc(C)s2)CCOCC1. The normalized spacial score (nSPS) is 19.6. The average Bonchev–Trinajstić information content (AvgIpc) is 2.74. The minimum absolute atomic E-state index is 0.113. The molecule has 0 radical (unpaired) electrons. The molecule has 0 aliphatic carbocycles. The summed E-state index contributed by atoms with van der Waals surface area (Å²) in [6, 6.07) is 0. The van der Waals surface area contributed by atoms with Crippen molar-refractivity contribution in [2.75, 3.05) is 32.2 Å². The first-order valence-corrected chi connectivity index (χ1v) is 6.23. The Balaban J connectivity index is 1.91. The lowest BCUT2D eigenvalue weighted by molar-refractivity contribution is -0.0807. The van der Waals surface area contributed by atoms with Gasteiger partial charge in [0.1, 0.15) is 5.01 Å². The highest BCUT2D eigenvalue weighted by atomic mass is 32.1. The highest BCUT2D eigenvalue weighted by Gasteiger charge is 2.32. The lowest BCUT2D eigenvalue weighted by atomic mass is 9.94. The molecule has 0 unspecified atom stereocenters. The molecule has 16 heavy (non-hydrogen) atoms. The molecule has 0 atom stereocenters. The van der Waals surface area contributed by atoms with E-state index < -0.39 is 0 Å². The summed E-state index contributed by atoms with van der Waals surface area (Å²) in [4.78, 5) is 0. The fraction of sp³-hybridized carbons (Fsp3) is 0.800. The van der Waals surface area contributed by atoms with E-state index in [1.807, 2.05) is 6.92 Å². The van der Waals surface area contributed by atoms with E-state index in [1.165, 1.54) is 0 Å². The Morgan fingerprint density at radius 3 is 2.75 bits per heavy atom. The fourth-order valence-electron chi connectivity index (χ4n) is 1.80. The van der Waals surface area contributed by atoms with Crippen molar-refractivity contribution >= 4 is 16.5 Å². The number of rotatable bonds is 4. The van der Waals surface area contributed by atoms with Crippen LogP contribution in [0.5, 0.6) is 0 Å². The van der Waals surface area contributed by atoms with Gasteiger partial charge in [0.15, 0.2) is 0 Å². The van der Waals surface area contributed by atoms with E-state index in [0.29, 0.717) is 0 Å². The van der Waals surface area contributed by atoms with Crippen LogP contribution in [0, 0.1) is 6.92 Å². The zero-order valence-electron chi connectivity index (χ0n) is 9.65. The molecule has 1 N–H and O–H groups in total. The van der Waals surface area contributed by atoms with E-state index in [4.69, 9.17) is 9.47 Å². The van der Waals surface area contributed by atoms with Gasteiger partial charge in [-0.05, 0) is 6.92 Å². The molecule has 0 bridgehead atoms. The minimum Gasteiger partial charge on any atom is -0.381 e. The molecule has 1 aliphatic rings. The Labute approximate surface area is 99.2 Å². The molecule has 0 aromatic carbocycles. The summed E-state index contributed by atoms with van der Waals surface area (Å²) in [5.74, 6) is 0. The summed E-state index contributed by atoms with van der Waals surface area (Å²) in [5.41, 5.74) is -0.113. The molecule has 2 rings (SSSR count). The Bertz CT molecular complexity index is 337. The van der Waals surface area contributed by atoms with Crippen molar-refractivity contribution < 1.29 is 9.47 Å². The van der Waals surface area contributed by atoms with Gasteiger partial charge in [0.05, 0.1) is 5.60 Å². The van der Waals surface area contributed by atoms with E-state index in [-0.39, 0.29) is 5.60 Å². The van der Waals surface area contributed by atoms with Crippen LogP contribution < -0.4 is 5.32 Å². The predicted octanol–water partition coefficient (Wildman–Crippen LogP) is 1.45. The van der Waals surface area contributed by atoms with Crippen LogP contribution in [0.3, 0.4) is 0 Å². The van der Waals surface area contributed by atoms with Crippen molar-refractivity contribution in [1.29, 1.82) is 0 Å². The molecule has 0 amide bonds. The topological polar surface area (TPSA) is 56.3 Å². The third-order valence-electron chi connectivity index (χ3n) is 2.92. The molecule has 6 heteroatoms.